The lowest BCUT2D eigenvalue weighted by Crippen LogP contribution is -2.05. The molecule has 1 aliphatic rings. The number of aliphatic imine (C=N–C) groups is 1. The monoisotopic (exact) mass is 403 g/mol. The van der Waals surface area contributed by atoms with Crippen LogP contribution in [-0.4, -0.2) is 11.9 Å². The van der Waals surface area contributed by atoms with E-state index >= 15 is 0 Å². The molecule has 29 heavy (non-hydrogen) atoms. The van der Waals surface area contributed by atoms with Crippen molar-refractivity contribution < 1.29 is 14.3 Å². The molecule has 1 heterocycles. The van der Waals surface area contributed by atoms with Gasteiger partial charge >= 0.3 is 5.97 Å². The van der Waals surface area contributed by atoms with E-state index in [0.717, 1.165) is 22.3 Å². The van der Waals surface area contributed by atoms with Crippen molar-refractivity contribution in [2.45, 2.75) is 13.5 Å². The number of hydrogen-bond acceptors (Lipinski definition) is 4. The Labute approximate surface area is 174 Å². The van der Waals surface area contributed by atoms with Crippen LogP contribution in [0.25, 0.3) is 6.08 Å². The highest BCUT2D eigenvalue weighted by molar-refractivity contribution is 6.31. The van der Waals surface area contributed by atoms with Gasteiger partial charge in [0.1, 0.15) is 12.4 Å². The first kappa shape index (κ1) is 19.0. The highest BCUT2D eigenvalue weighted by Crippen LogP contribution is 2.22. The first-order valence-corrected chi connectivity index (χ1v) is 9.52. The number of rotatable bonds is 5. The molecule has 0 radical (unpaired) electrons. The third-order valence-corrected chi connectivity index (χ3v) is 4.79. The summed E-state index contributed by atoms with van der Waals surface area (Å²) in [5.41, 5.74) is 3.88. The maximum absolute atomic E-state index is 12.2. The van der Waals surface area contributed by atoms with Crippen molar-refractivity contribution >= 4 is 29.5 Å². The van der Waals surface area contributed by atoms with Gasteiger partial charge in [0.25, 0.3) is 0 Å². The molecular weight excluding hydrogens is 386 g/mol. The average molecular weight is 404 g/mol. The zero-order valence-electron chi connectivity index (χ0n) is 15.8. The Hall–Kier alpha value is -3.37. The highest BCUT2D eigenvalue weighted by Gasteiger charge is 2.24. The third-order valence-electron chi connectivity index (χ3n) is 4.42. The number of carbonyl (C=O) groups excluding carboxylic acids is 1. The fraction of sp³-hybridized carbons (Fsp3) is 0.0833. The van der Waals surface area contributed by atoms with Crippen LogP contribution < -0.4 is 4.74 Å². The molecule has 1 aliphatic heterocycles. The van der Waals surface area contributed by atoms with Crippen molar-refractivity contribution in [2.24, 2.45) is 4.99 Å². The molecule has 0 saturated heterocycles. The van der Waals surface area contributed by atoms with Crippen LogP contribution in [0.5, 0.6) is 5.75 Å². The third kappa shape index (κ3) is 4.55. The quantitative estimate of drug-likeness (QED) is 0.413. The second kappa shape index (κ2) is 8.33. The molecule has 0 spiro atoms. The van der Waals surface area contributed by atoms with Crippen LogP contribution in [0.3, 0.4) is 0 Å². The van der Waals surface area contributed by atoms with Crippen LogP contribution in [-0.2, 0) is 16.1 Å². The highest BCUT2D eigenvalue weighted by atomic mass is 35.5. The lowest BCUT2D eigenvalue weighted by atomic mass is 10.1. The van der Waals surface area contributed by atoms with Crippen molar-refractivity contribution in [1.82, 2.24) is 0 Å². The van der Waals surface area contributed by atoms with Gasteiger partial charge < -0.3 is 9.47 Å². The molecule has 0 aliphatic carbocycles. The number of esters is 1. The molecule has 0 aromatic heterocycles. The fourth-order valence-electron chi connectivity index (χ4n) is 2.91. The molecule has 0 N–H and O–H groups in total. The van der Waals surface area contributed by atoms with Crippen LogP contribution in [0.15, 0.2) is 83.5 Å². The van der Waals surface area contributed by atoms with Crippen molar-refractivity contribution in [3.05, 3.63) is 106 Å². The summed E-state index contributed by atoms with van der Waals surface area (Å²) in [6, 6.07) is 22.7. The number of aryl methyl sites for hydroxylation is 1. The average Bonchev–Trinajstić information content (AvgIpc) is 3.09. The minimum Gasteiger partial charge on any atom is -0.489 e. The number of cyclic esters (lactones) is 1. The summed E-state index contributed by atoms with van der Waals surface area (Å²) < 4.78 is 11.1. The van der Waals surface area contributed by atoms with Crippen molar-refractivity contribution in [1.29, 1.82) is 0 Å². The minimum atomic E-state index is -0.458. The van der Waals surface area contributed by atoms with Gasteiger partial charge in [-0.2, -0.15) is 0 Å². The lowest BCUT2D eigenvalue weighted by molar-refractivity contribution is -0.129. The van der Waals surface area contributed by atoms with Gasteiger partial charge in [-0.15, -0.1) is 0 Å². The summed E-state index contributed by atoms with van der Waals surface area (Å²) in [4.78, 5) is 16.5. The minimum absolute atomic E-state index is 0.270. The van der Waals surface area contributed by atoms with Gasteiger partial charge in [0.15, 0.2) is 5.70 Å². The van der Waals surface area contributed by atoms with Gasteiger partial charge in [-0.3, -0.25) is 0 Å². The Morgan fingerprint density at radius 2 is 1.83 bits per heavy atom. The van der Waals surface area contributed by atoms with E-state index in [0.29, 0.717) is 23.3 Å². The number of hydrogen-bond donors (Lipinski definition) is 0. The first-order valence-electron chi connectivity index (χ1n) is 9.14. The summed E-state index contributed by atoms with van der Waals surface area (Å²) in [7, 11) is 0. The smallest absolute Gasteiger partial charge is 0.363 e. The van der Waals surface area contributed by atoms with E-state index in [9.17, 15) is 4.79 Å². The molecule has 3 aromatic carbocycles. The number of halogens is 1. The topological polar surface area (TPSA) is 47.9 Å². The zero-order valence-corrected chi connectivity index (χ0v) is 16.5. The van der Waals surface area contributed by atoms with Gasteiger partial charge in [-0.1, -0.05) is 59.6 Å². The van der Waals surface area contributed by atoms with E-state index in [4.69, 9.17) is 21.1 Å². The molecule has 3 aromatic rings. The molecule has 0 atom stereocenters. The van der Waals surface area contributed by atoms with E-state index in [2.05, 4.69) is 4.99 Å². The van der Waals surface area contributed by atoms with E-state index in [-0.39, 0.29) is 5.70 Å². The van der Waals surface area contributed by atoms with Crippen LogP contribution in [0, 0.1) is 6.92 Å². The van der Waals surface area contributed by atoms with E-state index in [1.54, 1.807) is 6.08 Å². The summed E-state index contributed by atoms with van der Waals surface area (Å²) in [5, 5.41) is 0.677. The zero-order chi connectivity index (χ0) is 20.2. The second-order valence-corrected chi connectivity index (χ2v) is 7.06. The number of carbonyl (C=O) groups is 1. The molecule has 0 amide bonds. The van der Waals surface area contributed by atoms with E-state index in [1.165, 1.54) is 0 Å². The fourth-order valence-corrected chi connectivity index (χ4v) is 3.10. The maximum Gasteiger partial charge on any atom is 0.363 e. The molecule has 4 rings (SSSR count). The number of nitrogens with zero attached hydrogens (tertiary/aromatic N) is 1. The van der Waals surface area contributed by atoms with Crippen LogP contribution >= 0.6 is 11.6 Å². The lowest BCUT2D eigenvalue weighted by Gasteiger charge is -2.07. The summed E-state index contributed by atoms with van der Waals surface area (Å²) in [6.45, 7) is 2.36. The standard InChI is InChI=1S/C24H18ClNO3/c1-16-5-4-7-18(13-16)23-26-22(24(27)29-23)14-17-9-11-20(12-10-17)28-15-19-6-2-3-8-21(19)25/h2-14H,15H2,1H3/b22-14-. The molecule has 0 unspecified atom stereocenters. The van der Waals surface area contributed by atoms with Gasteiger partial charge in [0.2, 0.25) is 5.90 Å². The first-order chi connectivity index (χ1) is 14.1. The summed E-state index contributed by atoms with van der Waals surface area (Å²) >= 11 is 6.15. The summed E-state index contributed by atoms with van der Waals surface area (Å²) in [5.74, 6) is 0.579. The Morgan fingerprint density at radius 1 is 1.03 bits per heavy atom. The Balaban J connectivity index is 1.47. The Bertz CT molecular complexity index is 1120. The van der Waals surface area contributed by atoms with Crippen molar-refractivity contribution in [3.8, 4) is 5.75 Å². The van der Waals surface area contributed by atoms with Crippen molar-refractivity contribution in [2.75, 3.05) is 0 Å². The van der Waals surface area contributed by atoms with Crippen LogP contribution in [0.4, 0.5) is 0 Å². The van der Waals surface area contributed by atoms with E-state index in [1.807, 2.05) is 79.7 Å². The molecule has 0 fully saturated rings. The maximum atomic E-state index is 12.2. The van der Waals surface area contributed by atoms with E-state index < -0.39 is 5.97 Å². The van der Waals surface area contributed by atoms with Gasteiger partial charge in [-0.05, 0) is 48.9 Å². The Morgan fingerprint density at radius 3 is 2.59 bits per heavy atom. The molecule has 144 valence electrons. The molecular formula is C24H18ClNO3. The number of ether oxygens (including phenoxy) is 2. The summed E-state index contributed by atoms with van der Waals surface area (Å²) in [6.07, 6.45) is 1.70. The largest absolute Gasteiger partial charge is 0.489 e. The molecule has 0 saturated carbocycles. The predicted molar refractivity (Wildman–Crippen MR) is 114 cm³/mol. The second-order valence-electron chi connectivity index (χ2n) is 6.65. The van der Waals surface area contributed by atoms with Crippen LogP contribution in [0.1, 0.15) is 22.3 Å². The normalized spacial score (nSPS) is 14.6. The van der Waals surface area contributed by atoms with Crippen LogP contribution in [0.2, 0.25) is 5.02 Å². The van der Waals surface area contributed by atoms with Gasteiger partial charge in [0.05, 0.1) is 0 Å². The molecule has 0 bridgehead atoms. The predicted octanol–water partition coefficient (Wildman–Crippen LogP) is 5.57. The van der Waals surface area contributed by atoms with Gasteiger partial charge in [-0.25, -0.2) is 9.79 Å². The van der Waals surface area contributed by atoms with Crippen molar-refractivity contribution in [3.63, 3.8) is 0 Å². The van der Waals surface area contributed by atoms with Gasteiger partial charge in [0, 0.05) is 16.1 Å². The number of benzene rings is 3. The molecule has 4 nitrogen and oxygen atoms in total. The molecule has 5 heteroatoms. The Kier molecular flexibility index (Phi) is 5.45. The SMILES string of the molecule is Cc1cccc(C2=N/C(=C\c3ccc(OCc4ccccc4Cl)cc3)C(=O)O2)c1.